The van der Waals surface area contributed by atoms with Gasteiger partial charge in [-0.1, -0.05) is 51.9 Å². The summed E-state index contributed by atoms with van der Waals surface area (Å²) in [7, 11) is 0. The van der Waals surface area contributed by atoms with Gasteiger partial charge in [0.05, 0.1) is 25.0 Å². The molecule has 0 spiro atoms. The van der Waals surface area contributed by atoms with Crippen LogP contribution in [0, 0.1) is 0 Å². The average molecular weight is 320 g/mol. The van der Waals surface area contributed by atoms with Crippen molar-refractivity contribution in [3.05, 3.63) is 0 Å². The van der Waals surface area contributed by atoms with E-state index in [2.05, 4.69) is 6.92 Å². The molecule has 22 heavy (non-hydrogen) atoms. The van der Waals surface area contributed by atoms with Gasteiger partial charge < -0.3 is 20.4 Å². The Labute approximate surface area is 133 Å². The third kappa shape index (κ3) is 23.9. The van der Waals surface area contributed by atoms with E-state index in [-0.39, 0.29) is 12.8 Å². The summed E-state index contributed by atoms with van der Waals surface area (Å²) in [4.78, 5) is 19.9. The van der Waals surface area contributed by atoms with Crippen molar-refractivity contribution in [1.29, 1.82) is 0 Å². The number of carboxylic acid groups (broad SMARTS) is 2. The van der Waals surface area contributed by atoms with E-state index in [0.29, 0.717) is 6.42 Å². The smallest absolute Gasteiger partial charge is 0.305 e. The van der Waals surface area contributed by atoms with E-state index in [9.17, 15) is 14.7 Å². The first-order valence-corrected chi connectivity index (χ1v) is 8.09. The number of carboxylic acids is 2. The summed E-state index contributed by atoms with van der Waals surface area (Å²) in [6.45, 7) is 3.64. The molecule has 0 aromatic heterocycles. The summed E-state index contributed by atoms with van der Waals surface area (Å²) in [5, 5.41) is 34.0. The molecule has 0 radical (unpaired) electrons. The Balaban J connectivity index is 0. The van der Waals surface area contributed by atoms with Gasteiger partial charge in [-0.15, -0.1) is 0 Å². The summed E-state index contributed by atoms with van der Waals surface area (Å²) in [6.07, 6.45) is 7.36. The SMILES string of the molecule is CC(O)CC(=O)O.CCCCCCCCCC(O)CC(=O)O. The van der Waals surface area contributed by atoms with Gasteiger partial charge in [0.1, 0.15) is 0 Å². The first-order chi connectivity index (χ1) is 10.3. The largest absolute Gasteiger partial charge is 0.481 e. The lowest BCUT2D eigenvalue weighted by Crippen LogP contribution is -2.12. The monoisotopic (exact) mass is 320 g/mol. The first kappa shape index (κ1) is 23.1. The highest BCUT2D eigenvalue weighted by molar-refractivity contribution is 5.67. The van der Waals surface area contributed by atoms with E-state index in [4.69, 9.17) is 15.3 Å². The molecule has 2 atom stereocenters. The summed E-state index contributed by atoms with van der Waals surface area (Å²) >= 11 is 0. The van der Waals surface area contributed by atoms with Gasteiger partial charge in [-0.25, -0.2) is 0 Å². The highest BCUT2D eigenvalue weighted by Gasteiger charge is 2.08. The normalized spacial score (nSPS) is 12.9. The highest BCUT2D eigenvalue weighted by Crippen LogP contribution is 2.10. The maximum Gasteiger partial charge on any atom is 0.305 e. The molecule has 0 aliphatic rings. The standard InChI is InChI=1S/C12H24O3.C4H8O3/c1-2-3-4-5-6-7-8-9-11(13)10-12(14)15;1-3(5)2-4(6)7/h11,13H,2-10H2,1H3,(H,14,15);3,5H,2H2,1H3,(H,6,7). The van der Waals surface area contributed by atoms with Crippen LogP contribution in [0.25, 0.3) is 0 Å². The van der Waals surface area contributed by atoms with E-state index in [0.717, 1.165) is 12.8 Å². The molecule has 6 nitrogen and oxygen atoms in total. The van der Waals surface area contributed by atoms with Gasteiger partial charge in [-0.2, -0.15) is 0 Å². The van der Waals surface area contributed by atoms with E-state index < -0.39 is 24.1 Å². The third-order valence-corrected chi connectivity index (χ3v) is 3.02. The van der Waals surface area contributed by atoms with E-state index in [1.807, 2.05) is 0 Å². The number of carbonyl (C=O) groups is 2. The summed E-state index contributed by atoms with van der Waals surface area (Å²) in [5.74, 6) is -1.87. The van der Waals surface area contributed by atoms with Gasteiger partial charge in [-0.05, 0) is 13.3 Å². The van der Waals surface area contributed by atoms with E-state index in [1.165, 1.54) is 39.0 Å². The van der Waals surface area contributed by atoms with E-state index in [1.54, 1.807) is 0 Å². The summed E-state index contributed by atoms with van der Waals surface area (Å²) < 4.78 is 0. The topological polar surface area (TPSA) is 115 Å². The molecule has 0 aromatic rings. The second-order valence-electron chi connectivity index (χ2n) is 5.61. The number of hydrogen-bond donors (Lipinski definition) is 4. The van der Waals surface area contributed by atoms with Crippen LogP contribution in [0.3, 0.4) is 0 Å². The van der Waals surface area contributed by atoms with Gasteiger partial charge >= 0.3 is 11.9 Å². The zero-order chi connectivity index (χ0) is 17.4. The Hall–Kier alpha value is -1.14. The third-order valence-electron chi connectivity index (χ3n) is 3.02. The lowest BCUT2D eigenvalue weighted by atomic mass is 10.1. The molecule has 0 amide bonds. The fraction of sp³-hybridized carbons (Fsp3) is 0.875. The minimum atomic E-state index is -0.963. The number of hydrogen-bond acceptors (Lipinski definition) is 4. The Bertz CT molecular complexity index is 278. The molecule has 0 bridgehead atoms. The summed E-state index contributed by atoms with van der Waals surface area (Å²) in [6, 6.07) is 0. The number of aliphatic carboxylic acids is 2. The van der Waals surface area contributed by atoms with Crippen LogP contribution in [-0.4, -0.2) is 44.6 Å². The Morgan fingerprint density at radius 2 is 1.27 bits per heavy atom. The second kappa shape index (κ2) is 16.2. The molecule has 0 saturated carbocycles. The molecular weight excluding hydrogens is 288 g/mol. The van der Waals surface area contributed by atoms with Crippen molar-refractivity contribution < 1.29 is 30.0 Å². The Morgan fingerprint density at radius 1 is 0.818 bits per heavy atom. The van der Waals surface area contributed by atoms with Crippen LogP contribution in [0.5, 0.6) is 0 Å². The lowest BCUT2D eigenvalue weighted by molar-refractivity contribution is -0.140. The lowest BCUT2D eigenvalue weighted by Gasteiger charge is -2.06. The fourth-order valence-electron chi connectivity index (χ4n) is 1.89. The molecule has 6 heteroatoms. The molecule has 0 aliphatic heterocycles. The van der Waals surface area contributed by atoms with Crippen molar-refractivity contribution in [3.63, 3.8) is 0 Å². The van der Waals surface area contributed by atoms with Crippen LogP contribution >= 0.6 is 0 Å². The van der Waals surface area contributed by atoms with Crippen LogP contribution in [0.15, 0.2) is 0 Å². The number of rotatable bonds is 12. The molecule has 0 aromatic carbocycles. The first-order valence-electron chi connectivity index (χ1n) is 8.09. The molecular formula is C16H32O6. The quantitative estimate of drug-likeness (QED) is 0.411. The van der Waals surface area contributed by atoms with Gasteiger partial charge in [-0.3, -0.25) is 9.59 Å². The van der Waals surface area contributed by atoms with Crippen molar-refractivity contribution in [2.75, 3.05) is 0 Å². The van der Waals surface area contributed by atoms with Crippen molar-refractivity contribution >= 4 is 11.9 Å². The van der Waals surface area contributed by atoms with Crippen molar-refractivity contribution in [2.24, 2.45) is 0 Å². The molecule has 0 fully saturated rings. The minimum absolute atomic E-state index is 0.115. The van der Waals surface area contributed by atoms with Gasteiger partial charge in [0.15, 0.2) is 0 Å². The fourth-order valence-corrected chi connectivity index (χ4v) is 1.89. The van der Waals surface area contributed by atoms with Crippen LogP contribution in [0.4, 0.5) is 0 Å². The number of aliphatic hydroxyl groups excluding tert-OH is 2. The highest BCUT2D eigenvalue weighted by atomic mass is 16.4. The van der Waals surface area contributed by atoms with E-state index >= 15 is 0 Å². The van der Waals surface area contributed by atoms with Gasteiger partial charge in [0.25, 0.3) is 0 Å². The Kier molecular flexibility index (Phi) is 17.1. The Morgan fingerprint density at radius 3 is 1.64 bits per heavy atom. The van der Waals surface area contributed by atoms with Gasteiger partial charge in [0.2, 0.25) is 0 Å². The molecule has 132 valence electrons. The number of unbranched alkanes of at least 4 members (excludes halogenated alkanes) is 6. The molecule has 2 unspecified atom stereocenters. The predicted molar refractivity (Wildman–Crippen MR) is 84.8 cm³/mol. The zero-order valence-electron chi connectivity index (χ0n) is 13.8. The molecule has 0 saturated heterocycles. The maximum absolute atomic E-state index is 10.3. The van der Waals surface area contributed by atoms with Crippen LogP contribution in [-0.2, 0) is 9.59 Å². The molecule has 0 rings (SSSR count). The zero-order valence-corrected chi connectivity index (χ0v) is 13.8. The van der Waals surface area contributed by atoms with Crippen molar-refractivity contribution in [3.8, 4) is 0 Å². The molecule has 4 N–H and O–H groups in total. The predicted octanol–water partition coefficient (Wildman–Crippen LogP) is 2.80. The summed E-state index contributed by atoms with van der Waals surface area (Å²) in [5.41, 5.74) is 0. The maximum atomic E-state index is 10.3. The van der Waals surface area contributed by atoms with Crippen molar-refractivity contribution in [1.82, 2.24) is 0 Å². The van der Waals surface area contributed by atoms with Crippen LogP contribution < -0.4 is 0 Å². The van der Waals surface area contributed by atoms with Crippen LogP contribution in [0.2, 0.25) is 0 Å². The molecule has 0 aliphatic carbocycles. The number of aliphatic hydroxyl groups is 2. The molecule has 0 heterocycles. The van der Waals surface area contributed by atoms with Crippen molar-refractivity contribution in [2.45, 2.75) is 90.3 Å². The second-order valence-corrected chi connectivity index (χ2v) is 5.61. The minimum Gasteiger partial charge on any atom is -0.481 e. The van der Waals surface area contributed by atoms with Crippen LogP contribution in [0.1, 0.15) is 78.1 Å². The van der Waals surface area contributed by atoms with Gasteiger partial charge in [0, 0.05) is 0 Å². The average Bonchev–Trinajstić information content (AvgIpc) is 2.36.